The molecule has 4 aliphatic heterocycles. The van der Waals surface area contributed by atoms with Crippen molar-refractivity contribution in [2.45, 2.75) is 56.5 Å². The highest BCUT2D eigenvalue weighted by atomic mass is 35.5. The molecule has 41 heavy (non-hydrogen) atoms. The zero-order chi connectivity index (χ0) is 28.2. The first-order valence-corrected chi connectivity index (χ1v) is 14.8. The van der Waals surface area contributed by atoms with Crippen LogP contribution in [0.15, 0.2) is 36.4 Å². The van der Waals surface area contributed by atoms with Crippen LogP contribution in [0, 0.1) is 0 Å². The predicted molar refractivity (Wildman–Crippen MR) is 157 cm³/mol. The van der Waals surface area contributed by atoms with E-state index in [1.54, 1.807) is 0 Å². The molecule has 4 atom stereocenters. The highest BCUT2D eigenvalue weighted by Crippen LogP contribution is 2.39. The first-order chi connectivity index (χ1) is 19.9. The third-order valence-electron chi connectivity index (χ3n) is 9.34. The summed E-state index contributed by atoms with van der Waals surface area (Å²) in [4.78, 5) is 30.0. The van der Waals surface area contributed by atoms with Gasteiger partial charge in [0.1, 0.15) is 12.4 Å². The number of benzene rings is 2. The van der Waals surface area contributed by atoms with Crippen LogP contribution in [0.4, 0.5) is 16.3 Å². The van der Waals surface area contributed by atoms with Gasteiger partial charge in [-0.3, -0.25) is 4.90 Å². The van der Waals surface area contributed by atoms with E-state index in [0.717, 1.165) is 70.9 Å². The fourth-order valence-corrected chi connectivity index (χ4v) is 7.50. The van der Waals surface area contributed by atoms with Crippen LogP contribution in [0.2, 0.25) is 5.02 Å². The summed E-state index contributed by atoms with van der Waals surface area (Å²) in [5.74, 6) is 0.800. The number of amides is 1. The van der Waals surface area contributed by atoms with E-state index >= 15 is 0 Å². The number of hydrogen-bond acceptors (Lipinski definition) is 8. The van der Waals surface area contributed by atoms with Gasteiger partial charge in [0.15, 0.2) is 0 Å². The maximum atomic E-state index is 11.9. The summed E-state index contributed by atoms with van der Waals surface area (Å²) >= 11 is 6.68. The van der Waals surface area contributed by atoms with Crippen LogP contribution >= 0.6 is 11.6 Å². The van der Waals surface area contributed by atoms with E-state index in [1.165, 1.54) is 4.90 Å². The minimum Gasteiger partial charge on any atom is -0.465 e. The average Bonchev–Trinajstić information content (AvgIpc) is 3.47. The smallest absolute Gasteiger partial charge is 0.408 e. The number of aliphatic hydroxyl groups excluding tert-OH is 1. The van der Waals surface area contributed by atoms with Crippen molar-refractivity contribution in [3.05, 3.63) is 52.7 Å². The summed E-state index contributed by atoms with van der Waals surface area (Å²) in [6.07, 6.45) is 1.75. The summed E-state index contributed by atoms with van der Waals surface area (Å²) in [6, 6.07) is 12.2. The summed E-state index contributed by atoms with van der Waals surface area (Å²) in [5.41, 5.74) is 3.05. The molecule has 1 aromatic heterocycles. The molecule has 7 rings (SSSR count). The number of likely N-dealkylation sites (tertiary alicyclic amines) is 1. The summed E-state index contributed by atoms with van der Waals surface area (Å²) < 4.78 is 6.25. The molecule has 0 saturated carbocycles. The number of aromatic nitrogens is 2. The second kappa shape index (κ2) is 10.5. The third kappa shape index (κ3) is 4.71. The zero-order valence-electron chi connectivity index (χ0n) is 23.1. The summed E-state index contributed by atoms with van der Waals surface area (Å²) in [7, 11) is 2.12. The van der Waals surface area contributed by atoms with Crippen molar-refractivity contribution in [1.82, 2.24) is 19.8 Å². The van der Waals surface area contributed by atoms with E-state index in [2.05, 4.69) is 46.0 Å². The van der Waals surface area contributed by atoms with E-state index < -0.39 is 18.2 Å². The van der Waals surface area contributed by atoms with E-state index in [-0.39, 0.29) is 6.04 Å². The number of nitrogens with zero attached hydrogens (tertiary/aromatic N) is 6. The van der Waals surface area contributed by atoms with Crippen molar-refractivity contribution in [3.8, 4) is 6.01 Å². The summed E-state index contributed by atoms with van der Waals surface area (Å²) in [5, 5.41) is 23.3. The topological polar surface area (TPSA) is 106 Å². The number of likely N-dealkylation sites (N-methyl/N-ethyl adjacent to an activating group) is 1. The van der Waals surface area contributed by atoms with E-state index in [1.807, 2.05) is 12.1 Å². The Bertz CT molecular complexity index is 1480. The Morgan fingerprint density at radius 1 is 1.12 bits per heavy atom. The molecule has 4 aliphatic rings. The lowest BCUT2D eigenvalue weighted by Gasteiger charge is -2.41. The Labute approximate surface area is 244 Å². The molecule has 0 aliphatic carbocycles. The number of ether oxygens (including phenoxy) is 1. The number of carboxylic acid groups (broad SMARTS) is 1. The molecular formula is C30H35ClN6O4. The quantitative estimate of drug-likeness (QED) is 0.469. The number of anilines is 2. The van der Waals surface area contributed by atoms with Crippen LogP contribution in [-0.2, 0) is 13.0 Å². The molecule has 3 fully saturated rings. The maximum absolute atomic E-state index is 11.9. The number of fused-ring (bicyclic) bond motifs is 4. The lowest BCUT2D eigenvalue weighted by molar-refractivity contribution is 0.0866. The molecular weight excluding hydrogens is 544 g/mol. The predicted octanol–water partition coefficient (Wildman–Crippen LogP) is 3.62. The average molecular weight is 579 g/mol. The first kappa shape index (κ1) is 26.6. The van der Waals surface area contributed by atoms with Gasteiger partial charge < -0.3 is 29.6 Å². The van der Waals surface area contributed by atoms with Crippen molar-refractivity contribution in [2.24, 2.45) is 0 Å². The second-order valence-electron chi connectivity index (χ2n) is 11.7. The number of aliphatic hydroxyl groups is 1. The number of carbonyl (C=O) groups is 1. The molecule has 1 unspecified atom stereocenters. The van der Waals surface area contributed by atoms with Crippen LogP contribution in [0.25, 0.3) is 10.8 Å². The Morgan fingerprint density at radius 3 is 2.71 bits per heavy atom. The van der Waals surface area contributed by atoms with Gasteiger partial charge in [-0.15, -0.1) is 0 Å². The van der Waals surface area contributed by atoms with Crippen LogP contribution in [0.3, 0.4) is 0 Å². The molecule has 2 N–H and O–H groups in total. The van der Waals surface area contributed by atoms with Gasteiger partial charge in [0, 0.05) is 42.3 Å². The molecule has 216 valence electrons. The van der Waals surface area contributed by atoms with E-state index in [0.29, 0.717) is 44.7 Å². The Kier molecular flexibility index (Phi) is 6.79. The lowest BCUT2D eigenvalue weighted by Crippen LogP contribution is -2.57. The Hall–Kier alpha value is -3.34. The molecule has 5 heterocycles. The Morgan fingerprint density at radius 2 is 1.95 bits per heavy atom. The van der Waals surface area contributed by atoms with Crippen molar-refractivity contribution in [1.29, 1.82) is 0 Å². The normalized spacial score (nSPS) is 26.1. The van der Waals surface area contributed by atoms with Gasteiger partial charge in [-0.1, -0.05) is 35.9 Å². The van der Waals surface area contributed by atoms with Crippen molar-refractivity contribution < 1.29 is 19.7 Å². The van der Waals surface area contributed by atoms with Crippen LogP contribution in [0.5, 0.6) is 6.01 Å². The van der Waals surface area contributed by atoms with Gasteiger partial charge in [0.25, 0.3) is 0 Å². The number of piperazine rings is 1. The van der Waals surface area contributed by atoms with Gasteiger partial charge in [-0.05, 0) is 56.8 Å². The number of hydrogen-bond donors (Lipinski definition) is 2. The number of halogens is 1. The van der Waals surface area contributed by atoms with Crippen LogP contribution in [0.1, 0.15) is 30.5 Å². The molecule has 2 aromatic carbocycles. The summed E-state index contributed by atoms with van der Waals surface area (Å²) in [6.45, 7) is 3.81. The van der Waals surface area contributed by atoms with E-state index in [4.69, 9.17) is 26.3 Å². The minimum absolute atomic E-state index is 0.277. The van der Waals surface area contributed by atoms with Gasteiger partial charge in [0.2, 0.25) is 0 Å². The van der Waals surface area contributed by atoms with Crippen molar-refractivity contribution in [2.75, 3.05) is 49.6 Å². The standard InChI is InChI=1S/C30H35ClN6O4/c1-34-11-4-7-19(34)17-41-29-32-23-15-35(24-9-3-6-18-5-2-8-22(31)27(18)24)12-10-21(23)28(33-29)36-14-20-13-26(38)25(16-36)37(20)30(39)40/h2-3,5-6,8-9,19-20,25-26,38H,4,7,10-17H2,1H3,(H,39,40)/t19?,20-,25-,26-/m1/s1. The van der Waals surface area contributed by atoms with Gasteiger partial charge in [-0.2, -0.15) is 9.97 Å². The molecule has 3 aromatic rings. The molecule has 3 saturated heterocycles. The van der Waals surface area contributed by atoms with Crippen molar-refractivity contribution in [3.63, 3.8) is 0 Å². The van der Waals surface area contributed by atoms with Gasteiger partial charge >= 0.3 is 12.1 Å². The molecule has 2 bridgehead atoms. The van der Waals surface area contributed by atoms with Crippen LogP contribution < -0.4 is 14.5 Å². The highest BCUT2D eigenvalue weighted by Gasteiger charge is 2.49. The molecule has 0 radical (unpaired) electrons. The minimum atomic E-state index is -0.977. The fraction of sp³-hybridized carbons (Fsp3) is 0.500. The molecule has 11 heteroatoms. The molecule has 10 nitrogen and oxygen atoms in total. The Balaban J connectivity index is 1.23. The van der Waals surface area contributed by atoms with Crippen molar-refractivity contribution >= 4 is 40.0 Å². The fourth-order valence-electron chi connectivity index (χ4n) is 7.22. The van der Waals surface area contributed by atoms with Crippen LogP contribution in [-0.4, -0.2) is 100 Å². The van der Waals surface area contributed by atoms with Gasteiger partial charge in [0.05, 0.1) is 35.4 Å². The van der Waals surface area contributed by atoms with E-state index in [9.17, 15) is 15.0 Å². The zero-order valence-corrected chi connectivity index (χ0v) is 23.9. The third-order valence-corrected chi connectivity index (χ3v) is 9.65. The monoisotopic (exact) mass is 578 g/mol. The lowest BCUT2D eigenvalue weighted by atomic mass is 10.0. The largest absolute Gasteiger partial charge is 0.465 e. The highest BCUT2D eigenvalue weighted by molar-refractivity contribution is 6.36. The number of rotatable bonds is 5. The SMILES string of the molecule is CN1CCCC1COc1nc2c(c(N3C[C@H]4C[C@@H](O)[C@@H](C3)N4C(=O)O)n1)CCN(c1cccc3cccc(Cl)c13)C2. The molecule has 0 spiro atoms. The second-order valence-corrected chi connectivity index (χ2v) is 12.2. The van der Waals surface area contributed by atoms with Gasteiger partial charge in [-0.25, -0.2) is 4.79 Å². The first-order valence-electron chi connectivity index (χ1n) is 14.5. The molecule has 1 amide bonds. The maximum Gasteiger partial charge on any atom is 0.408 e.